The van der Waals surface area contributed by atoms with E-state index in [1.54, 1.807) is 18.4 Å². The SMILES string of the molecule is CCN(CC1CCC1)c1nc(COC)c(CO)s1. The summed E-state index contributed by atoms with van der Waals surface area (Å²) in [5.74, 6) is 0.831. The molecule has 102 valence electrons. The van der Waals surface area contributed by atoms with Gasteiger partial charge in [-0.3, -0.25) is 0 Å². The fraction of sp³-hybridized carbons (Fsp3) is 0.769. The Labute approximate surface area is 113 Å². The summed E-state index contributed by atoms with van der Waals surface area (Å²) in [7, 11) is 1.66. The van der Waals surface area contributed by atoms with E-state index in [1.807, 2.05) is 0 Å². The van der Waals surface area contributed by atoms with Crippen LogP contribution in [0.3, 0.4) is 0 Å². The predicted molar refractivity (Wildman–Crippen MR) is 74.0 cm³/mol. The Balaban J connectivity index is 2.08. The molecule has 0 bridgehead atoms. The van der Waals surface area contributed by atoms with Gasteiger partial charge in [-0.15, -0.1) is 0 Å². The molecule has 0 aliphatic heterocycles. The molecule has 1 aliphatic carbocycles. The molecule has 1 aromatic heterocycles. The number of ether oxygens (including phenoxy) is 1. The second-order valence-electron chi connectivity index (χ2n) is 4.79. The Hall–Kier alpha value is -0.650. The van der Waals surface area contributed by atoms with Crippen molar-refractivity contribution in [3.63, 3.8) is 0 Å². The van der Waals surface area contributed by atoms with Gasteiger partial charge in [-0.05, 0) is 25.7 Å². The molecule has 4 nitrogen and oxygen atoms in total. The molecule has 0 radical (unpaired) electrons. The number of hydrogen-bond acceptors (Lipinski definition) is 5. The Morgan fingerprint density at radius 1 is 1.50 bits per heavy atom. The molecule has 0 atom stereocenters. The summed E-state index contributed by atoms with van der Waals surface area (Å²) in [6, 6.07) is 0. The lowest BCUT2D eigenvalue weighted by atomic mass is 9.85. The predicted octanol–water partition coefficient (Wildman–Crippen LogP) is 2.41. The van der Waals surface area contributed by atoms with Crippen molar-refractivity contribution in [1.82, 2.24) is 4.98 Å². The van der Waals surface area contributed by atoms with E-state index in [9.17, 15) is 5.11 Å². The first kappa shape index (κ1) is 13.8. The van der Waals surface area contributed by atoms with Crippen LogP contribution in [0.5, 0.6) is 0 Å². The second kappa shape index (κ2) is 6.50. The lowest BCUT2D eigenvalue weighted by molar-refractivity contribution is 0.179. The van der Waals surface area contributed by atoms with Gasteiger partial charge in [0.25, 0.3) is 0 Å². The molecule has 0 unspecified atom stereocenters. The lowest BCUT2D eigenvalue weighted by Crippen LogP contribution is -2.32. The summed E-state index contributed by atoms with van der Waals surface area (Å²) >= 11 is 1.59. The van der Waals surface area contributed by atoms with Crippen molar-refractivity contribution in [2.45, 2.75) is 39.4 Å². The van der Waals surface area contributed by atoms with E-state index in [-0.39, 0.29) is 6.61 Å². The van der Waals surface area contributed by atoms with E-state index >= 15 is 0 Å². The van der Waals surface area contributed by atoms with Crippen LogP contribution in [0.2, 0.25) is 0 Å². The maximum absolute atomic E-state index is 9.35. The molecule has 5 heteroatoms. The number of nitrogens with zero attached hydrogens (tertiary/aromatic N) is 2. The molecule has 1 aliphatic rings. The quantitative estimate of drug-likeness (QED) is 0.826. The van der Waals surface area contributed by atoms with E-state index in [2.05, 4.69) is 16.8 Å². The number of thiazole rings is 1. The normalized spacial score (nSPS) is 15.7. The van der Waals surface area contributed by atoms with Gasteiger partial charge < -0.3 is 14.7 Å². The fourth-order valence-electron chi connectivity index (χ4n) is 2.21. The van der Waals surface area contributed by atoms with Crippen molar-refractivity contribution in [2.75, 3.05) is 25.1 Å². The molecule has 1 aromatic rings. The van der Waals surface area contributed by atoms with Crippen LogP contribution in [0.1, 0.15) is 36.8 Å². The van der Waals surface area contributed by atoms with E-state index < -0.39 is 0 Å². The molecular formula is C13H22N2O2S. The Bertz CT molecular complexity index is 377. The number of rotatable bonds is 7. The van der Waals surface area contributed by atoms with Crippen LogP contribution < -0.4 is 4.90 Å². The largest absolute Gasteiger partial charge is 0.391 e. The van der Waals surface area contributed by atoms with Gasteiger partial charge in [0.15, 0.2) is 5.13 Å². The monoisotopic (exact) mass is 270 g/mol. The molecule has 18 heavy (non-hydrogen) atoms. The molecule has 0 aromatic carbocycles. The maximum atomic E-state index is 9.35. The maximum Gasteiger partial charge on any atom is 0.185 e. The van der Waals surface area contributed by atoms with Crippen molar-refractivity contribution in [3.8, 4) is 0 Å². The molecule has 1 heterocycles. The zero-order valence-electron chi connectivity index (χ0n) is 11.2. The van der Waals surface area contributed by atoms with Gasteiger partial charge in [0.1, 0.15) is 0 Å². The number of aromatic nitrogens is 1. The van der Waals surface area contributed by atoms with Crippen LogP contribution in [0.4, 0.5) is 5.13 Å². The van der Waals surface area contributed by atoms with Crippen LogP contribution in [0.25, 0.3) is 0 Å². The van der Waals surface area contributed by atoms with Gasteiger partial charge >= 0.3 is 0 Å². The van der Waals surface area contributed by atoms with Crippen molar-refractivity contribution >= 4 is 16.5 Å². The molecule has 1 fully saturated rings. The van der Waals surface area contributed by atoms with E-state index in [0.717, 1.165) is 34.7 Å². The summed E-state index contributed by atoms with van der Waals surface area (Å²) in [5, 5.41) is 10.4. The standard InChI is InChI=1S/C13H22N2O2S/c1-3-15(7-10-5-4-6-10)13-14-11(9-17-2)12(8-16)18-13/h10,16H,3-9H2,1-2H3. The molecule has 2 rings (SSSR count). The first-order chi connectivity index (χ1) is 8.78. The lowest BCUT2D eigenvalue weighted by Gasteiger charge is -2.31. The zero-order chi connectivity index (χ0) is 13.0. The average molecular weight is 270 g/mol. The van der Waals surface area contributed by atoms with Gasteiger partial charge in [0.2, 0.25) is 0 Å². The Morgan fingerprint density at radius 3 is 2.78 bits per heavy atom. The number of methoxy groups -OCH3 is 1. The fourth-order valence-corrected chi connectivity index (χ4v) is 3.20. The number of aliphatic hydroxyl groups excluding tert-OH is 1. The molecule has 1 saturated carbocycles. The van der Waals surface area contributed by atoms with Crippen LogP contribution in [0.15, 0.2) is 0 Å². The van der Waals surface area contributed by atoms with Crippen LogP contribution in [-0.4, -0.2) is 30.3 Å². The smallest absolute Gasteiger partial charge is 0.185 e. The minimum Gasteiger partial charge on any atom is -0.391 e. The summed E-state index contributed by atoms with van der Waals surface area (Å²) in [4.78, 5) is 7.87. The summed E-state index contributed by atoms with van der Waals surface area (Å²) in [6.45, 7) is 4.77. The summed E-state index contributed by atoms with van der Waals surface area (Å²) < 4.78 is 5.13. The third kappa shape index (κ3) is 3.02. The average Bonchev–Trinajstić information content (AvgIpc) is 2.71. The Morgan fingerprint density at radius 2 is 2.28 bits per heavy atom. The molecule has 0 amide bonds. The van der Waals surface area contributed by atoms with E-state index in [4.69, 9.17) is 4.74 Å². The van der Waals surface area contributed by atoms with Crippen molar-refractivity contribution in [1.29, 1.82) is 0 Å². The van der Waals surface area contributed by atoms with Gasteiger partial charge in [-0.2, -0.15) is 0 Å². The minimum atomic E-state index is 0.0529. The first-order valence-electron chi connectivity index (χ1n) is 6.61. The first-order valence-corrected chi connectivity index (χ1v) is 7.43. The van der Waals surface area contributed by atoms with E-state index in [1.165, 1.54) is 19.3 Å². The minimum absolute atomic E-state index is 0.0529. The van der Waals surface area contributed by atoms with Gasteiger partial charge in [0, 0.05) is 20.2 Å². The highest BCUT2D eigenvalue weighted by atomic mass is 32.1. The highest BCUT2D eigenvalue weighted by Gasteiger charge is 2.22. The molecule has 0 saturated heterocycles. The van der Waals surface area contributed by atoms with Crippen LogP contribution >= 0.6 is 11.3 Å². The van der Waals surface area contributed by atoms with Crippen molar-refractivity contribution < 1.29 is 9.84 Å². The van der Waals surface area contributed by atoms with Crippen LogP contribution in [0, 0.1) is 5.92 Å². The van der Waals surface area contributed by atoms with Gasteiger partial charge in [-0.25, -0.2) is 4.98 Å². The molecule has 1 N–H and O–H groups in total. The van der Waals surface area contributed by atoms with Crippen molar-refractivity contribution in [3.05, 3.63) is 10.6 Å². The third-order valence-corrected chi connectivity index (χ3v) is 4.69. The number of hydrogen-bond donors (Lipinski definition) is 1. The van der Waals surface area contributed by atoms with Crippen molar-refractivity contribution in [2.24, 2.45) is 5.92 Å². The third-order valence-electron chi connectivity index (χ3n) is 3.55. The van der Waals surface area contributed by atoms with Gasteiger partial charge in [-0.1, -0.05) is 17.8 Å². The number of anilines is 1. The van der Waals surface area contributed by atoms with Gasteiger partial charge in [0.05, 0.1) is 23.8 Å². The highest BCUT2D eigenvalue weighted by molar-refractivity contribution is 7.15. The second-order valence-corrected chi connectivity index (χ2v) is 5.86. The topological polar surface area (TPSA) is 45.6 Å². The summed E-state index contributed by atoms with van der Waals surface area (Å²) in [6.07, 6.45) is 4.07. The number of aliphatic hydroxyl groups is 1. The Kier molecular flexibility index (Phi) is 4.97. The molecular weight excluding hydrogens is 248 g/mol. The highest BCUT2D eigenvalue weighted by Crippen LogP contribution is 2.32. The zero-order valence-corrected chi connectivity index (χ0v) is 12.0. The van der Waals surface area contributed by atoms with Crippen LogP contribution in [-0.2, 0) is 18.0 Å². The van der Waals surface area contributed by atoms with E-state index in [0.29, 0.717) is 6.61 Å². The summed E-state index contributed by atoms with van der Waals surface area (Å²) in [5.41, 5.74) is 0.882. The molecule has 0 spiro atoms.